The van der Waals surface area contributed by atoms with E-state index in [4.69, 9.17) is 0 Å². The summed E-state index contributed by atoms with van der Waals surface area (Å²) in [5.74, 6) is -0.0538. The SMILES string of the molecule is O=C(CSc1ncn[nH]1)Nc1ccc([N+](=O)[O-])cc1. The zero-order chi connectivity index (χ0) is 13.7. The van der Waals surface area contributed by atoms with Gasteiger partial charge in [0.2, 0.25) is 5.91 Å². The molecule has 0 radical (unpaired) electrons. The second kappa shape index (κ2) is 5.96. The third-order valence-electron chi connectivity index (χ3n) is 2.09. The minimum absolute atomic E-state index is 0.0194. The summed E-state index contributed by atoms with van der Waals surface area (Å²) in [6.45, 7) is 0. The zero-order valence-electron chi connectivity index (χ0n) is 9.57. The lowest BCUT2D eigenvalue weighted by Crippen LogP contribution is -2.14. The number of hydrogen-bond donors (Lipinski definition) is 2. The summed E-state index contributed by atoms with van der Waals surface area (Å²) in [5, 5.41) is 19.9. The number of aromatic nitrogens is 3. The Labute approximate surface area is 111 Å². The molecule has 1 amide bonds. The maximum atomic E-state index is 11.6. The van der Waals surface area contributed by atoms with Gasteiger partial charge in [-0.3, -0.25) is 20.0 Å². The topological polar surface area (TPSA) is 114 Å². The number of hydrogen-bond acceptors (Lipinski definition) is 6. The van der Waals surface area contributed by atoms with Crippen LogP contribution in [0.2, 0.25) is 0 Å². The molecule has 0 bridgehead atoms. The Balaban J connectivity index is 1.86. The van der Waals surface area contributed by atoms with Crippen molar-refractivity contribution in [1.29, 1.82) is 0 Å². The quantitative estimate of drug-likeness (QED) is 0.486. The predicted molar refractivity (Wildman–Crippen MR) is 68.8 cm³/mol. The van der Waals surface area contributed by atoms with Crippen LogP contribution in [0.1, 0.15) is 0 Å². The van der Waals surface area contributed by atoms with Crippen LogP contribution in [0.3, 0.4) is 0 Å². The fourth-order valence-corrected chi connectivity index (χ4v) is 1.84. The van der Waals surface area contributed by atoms with Crippen LogP contribution in [-0.2, 0) is 4.79 Å². The third-order valence-corrected chi connectivity index (χ3v) is 2.97. The highest BCUT2D eigenvalue weighted by Crippen LogP contribution is 2.16. The Hall–Kier alpha value is -2.42. The van der Waals surface area contributed by atoms with E-state index in [-0.39, 0.29) is 17.3 Å². The molecule has 2 aromatic rings. The summed E-state index contributed by atoms with van der Waals surface area (Å²) in [4.78, 5) is 25.4. The molecule has 0 fully saturated rings. The first-order chi connectivity index (χ1) is 9.15. The number of thioether (sulfide) groups is 1. The molecule has 0 spiro atoms. The number of nitro groups is 1. The van der Waals surface area contributed by atoms with Gasteiger partial charge in [-0.05, 0) is 12.1 Å². The molecule has 19 heavy (non-hydrogen) atoms. The first kappa shape index (κ1) is 13.0. The van der Waals surface area contributed by atoms with Gasteiger partial charge in [-0.2, -0.15) is 5.10 Å². The van der Waals surface area contributed by atoms with Crippen LogP contribution in [0.4, 0.5) is 11.4 Å². The summed E-state index contributed by atoms with van der Waals surface area (Å²) in [6.07, 6.45) is 1.36. The average molecular weight is 279 g/mol. The minimum atomic E-state index is -0.495. The number of anilines is 1. The molecule has 0 aliphatic carbocycles. The van der Waals surface area contributed by atoms with Gasteiger partial charge in [-0.15, -0.1) is 0 Å². The lowest BCUT2D eigenvalue weighted by atomic mass is 10.3. The van der Waals surface area contributed by atoms with Crippen LogP contribution >= 0.6 is 11.8 Å². The molecule has 8 nitrogen and oxygen atoms in total. The molecule has 0 atom stereocenters. The van der Waals surface area contributed by atoms with Gasteiger partial charge in [0.1, 0.15) is 6.33 Å². The van der Waals surface area contributed by atoms with Gasteiger partial charge >= 0.3 is 0 Å². The van der Waals surface area contributed by atoms with Crippen LogP contribution in [-0.4, -0.2) is 31.8 Å². The molecule has 2 rings (SSSR count). The van der Waals surface area contributed by atoms with E-state index in [9.17, 15) is 14.9 Å². The second-order valence-corrected chi connectivity index (χ2v) is 4.40. The Kier molecular flexibility index (Phi) is 4.08. The highest BCUT2D eigenvalue weighted by atomic mass is 32.2. The highest BCUT2D eigenvalue weighted by molar-refractivity contribution is 7.99. The largest absolute Gasteiger partial charge is 0.325 e. The molecule has 0 unspecified atom stereocenters. The standard InChI is InChI=1S/C10H9N5O3S/c16-9(5-19-10-11-6-12-14-10)13-7-1-3-8(4-2-7)15(17)18/h1-4,6H,5H2,(H,13,16)(H,11,12,14). The van der Waals surface area contributed by atoms with E-state index >= 15 is 0 Å². The van der Waals surface area contributed by atoms with Gasteiger partial charge in [0.15, 0.2) is 5.16 Å². The Morgan fingerprint density at radius 3 is 2.74 bits per heavy atom. The molecule has 1 aromatic heterocycles. The molecule has 98 valence electrons. The monoisotopic (exact) mass is 279 g/mol. The van der Waals surface area contributed by atoms with Crippen LogP contribution in [0.15, 0.2) is 35.7 Å². The van der Waals surface area contributed by atoms with E-state index in [1.165, 1.54) is 42.4 Å². The highest BCUT2D eigenvalue weighted by Gasteiger charge is 2.07. The molecule has 0 aliphatic heterocycles. The fourth-order valence-electron chi connectivity index (χ4n) is 1.26. The number of carbonyl (C=O) groups is 1. The number of nitrogens with one attached hydrogen (secondary N) is 2. The average Bonchev–Trinajstić information content (AvgIpc) is 2.90. The number of benzene rings is 1. The zero-order valence-corrected chi connectivity index (χ0v) is 10.4. The van der Waals surface area contributed by atoms with Gasteiger partial charge in [-0.25, -0.2) is 4.98 Å². The molecule has 1 aromatic carbocycles. The maximum Gasteiger partial charge on any atom is 0.269 e. The number of nitro benzene ring substituents is 1. The van der Waals surface area contributed by atoms with E-state index in [0.29, 0.717) is 10.8 Å². The summed E-state index contributed by atoms with van der Waals surface area (Å²) in [7, 11) is 0. The Morgan fingerprint density at radius 1 is 1.42 bits per heavy atom. The maximum absolute atomic E-state index is 11.6. The number of aromatic amines is 1. The molecular weight excluding hydrogens is 270 g/mol. The summed E-state index contributed by atoms with van der Waals surface area (Å²) in [5.41, 5.74) is 0.489. The van der Waals surface area contributed by atoms with Gasteiger partial charge in [0.05, 0.1) is 10.7 Å². The van der Waals surface area contributed by atoms with Crippen molar-refractivity contribution in [3.63, 3.8) is 0 Å². The van der Waals surface area contributed by atoms with E-state index in [1.807, 2.05) is 0 Å². The molecule has 1 heterocycles. The molecule has 2 N–H and O–H groups in total. The molecule has 9 heteroatoms. The van der Waals surface area contributed by atoms with Crippen molar-refractivity contribution in [3.8, 4) is 0 Å². The van der Waals surface area contributed by atoms with E-state index in [2.05, 4.69) is 20.5 Å². The minimum Gasteiger partial charge on any atom is -0.325 e. The number of carbonyl (C=O) groups excluding carboxylic acids is 1. The van der Waals surface area contributed by atoms with Crippen molar-refractivity contribution in [2.45, 2.75) is 5.16 Å². The molecular formula is C10H9N5O3S. The predicted octanol–water partition coefficient (Wildman–Crippen LogP) is 1.44. The lowest BCUT2D eigenvalue weighted by molar-refractivity contribution is -0.384. The van der Waals surface area contributed by atoms with Crippen LogP contribution in [0, 0.1) is 10.1 Å². The lowest BCUT2D eigenvalue weighted by Gasteiger charge is -2.03. The van der Waals surface area contributed by atoms with Crippen LogP contribution in [0.5, 0.6) is 0 Å². The summed E-state index contributed by atoms with van der Waals surface area (Å²) >= 11 is 1.21. The van der Waals surface area contributed by atoms with Crippen molar-refractivity contribution in [2.75, 3.05) is 11.1 Å². The van der Waals surface area contributed by atoms with E-state index in [0.717, 1.165) is 0 Å². The molecule has 0 saturated carbocycles. The molecule has 0 aliphatic rings. The number of H-pyrrole nitrogens is 1. The molecule has 0 saturated heterocycles. The summed E-state index contributed by atoms with van der Waals surface area (Å²) in [6, 6.07) is 5.63. The second-order valence-electron chi connectivity index (χ2n) is 3.43. The van der Waals surface area contributed by atoms with Crippen molar-refractivity contribution in [2.24, 2.45) is 0 Å². The van der Waals surface area contributed by atoms with E-state index in [1.54, 1.807) is 0 Å². The number of non-ortho nitro benzene ring substituents is 1. The van der Waals surface area contributed by atoms with Gasteiger partial charge in [0.25, 0.3) is 5.69 Å². The number of amides is 1. The number of rotatable bonds is 5. The third kappa shape index (κ3) is 3.78. The van der Waals surface area contributed by atoms with Crippen molar-refractivity contribution in [1.82, 2.24) is 15.2 Å². The van der Waals surface area contributed by atoms with Crippen LogP contribution < -0.4 is 5.32 Å². The smallest absolute Gasteiger partial charge is 0.269 e. The summed E-state index contributed by atoms with van der Waals surface area (Å²) < 4.78 is 0. The van der Waals surface area contributed by atoms with Crippen LogP contribution in [0.25, 0.3) is 0 Å². The Bertz CT molecular complexity index is 569. The van der Waals surface area contributed by atoms with Gasteiger partial charge < -0.3 is 5.32 Å². The van der Waals surface area contributed by atoms with E-state index < -0.39 is 4.92 Å². The number of nitrogens with zero attached hydrogens (tertiary/aromatic N) is 3. The van der Waals surface area contributed by atoms with Gasteiger partial charge in [-0.1, -0.05) is 11.8 Å². The Morgan fingerprint density at radius 2 is 2.16 bits per heavy atom. The van der Waals surface area contributed by atoms with Crippen molar-refractivity contribution >= 4 is 29.0 Å². The fraction of sp³-hybridized carbons (Fsp3) is 0.100. The van der Waals surface area contributed by atoms with Crippen molar-refractivity contribution < 1.29 is 9.72 Å². The van der Waals surface area contributed by atoms with Crippen molar-refractivity contribution in [3.05, 3.63) is 40.7 Å². The first-order valence-corrected chi connectivity index (χ1v) is 6.16. The normalized spacial score (nSPS) is 10.1. The van der Waals surface area contributed by atoms with Gasteiger partial charge in [0, 0.05) is 17.8 Å². The first-order valence-electron chi connectivity index (χ1n) is 5.17.